The minimum atomic E-state index is -1.00. The van der Waals surface area contributed by atoms with E-state index in [1.54, 1.807) is 32.9 Å². The Labute approximate surface area is 125 Å². The molecule has 0 aliphatic heterocycles. The molecule has 1 aliphatic carbocycles. The third-order valence-electron chi connectivity index (χ3n) is 4.28. The van der Waals surface area contributed by atoms with Gasteiger partial charge >= 0.3 is 5.97 Å². The van der Waals surface area contributed by atoms with E-state index < -0.39 is 5.54 Å². The third kappa shape index (κ3) is 3.43. The van der Waals surface area contributed by atoms with Crippen molar-refractivity contribution in [3.8, 4) is 0 Å². The number of halogens is 1. The summed E-state index contributed by atoms with van der Waals surface area (Å²) < 4.78 is 19.1. The fraction of sp³-hybridized carbons (Fsp3) is 0.588. The molecule has 0 amide bonds. The molecule has 0 heterocycles. The smallest absolute Gasteiger partial charge is 0.330 e. The van der Waals surface area contributed by atoms with Crippen molar-refractivity contribution >= 4 is 5.97 Å². The van der Waals surface area contributed by atoms with E-state index in [4.69, 9.17) is 4.74 Å². The van der Waals surface area contributed by atoms with Gasteiger partial charge in [-0.25, -0.2) is 9.18 Å². The normalized spacial score (nSPS) is 18.5. The van der Waals surface area contributed by atoms with Crippen molar-refractivity contribution in [3.63, 3.8) is 0 Å². The van der Waals surface area contributed by atoms with Crippen LogP contribution in [0.2, 0.25) is 0 Å². The Balaban J connectivity index is 2.33. The maximum Gasteiger partial charge on any atom is 0.330 e. The van der Waals surface area contributed by atoms with Crippen LogP contribution in [0, 0.1) is 12.7 Å². The van der Waals surface area contributed by atoms with E-state index in [0.29, 0.717) is 17.7 Å². The summed E-state index contributed by atoms with van der Waals surface area (Å²) in [6, 6.07) is 5.23. The van der Waals surface area contributed by atoms with Crippen LogP contribution in [-0.2, 0) is 15.1 Å². The SMILES string of the molecule is CCOC(=O)C(C)(NC1CCCC1)c1ccc(C)c(F)c1. The summed E-state index contributed by atoms with van der Waals surface area (Å²) >= 11 is 0. The first-order chi connectivity index (χ1) is 9.97. The van der Waals surface area contributed by atoms with Gasteiger partial charge in [-0.05, 0) is 50.8 Å². The van der Waals surface area contributed by atoms with Crippen LogP contribution in [-0.4, -0.2) is 18.6 Å². The number of esters is 1. The van der Waals surface area contributed by atoms with E-state index in [0.717, 1.165) is 12.8 Å². The average Bonchev–Trinajstić information content (AvgIpc) is 2.94. The first kappa shape index (κ1) is 16.0. The second-order valence-corrected chi connectivity index (χ2v) is 5.94. The number of benzene rings is 1. The molecule has 1 fully saturated rings. The van der Waals surface area contributed by atoms with Crippen LogP contribution in [0.5, 0.6) is 0 Å². The number of carbonyl (C=O) groups is 1. The quantitative estimate of drug-likeness (QED) is 0.845. The maximum absolute atomic E-state index is 13.9. The number of ether oxygens (including phenoxy) is 1. The molecule has 1 unspecified atom stereocenters. The van der Waals surface area contributed by atoms with Crippen molar-refractivity contribution in [1.82, 2.24) is 5.32 Å². The first-order valence-corrected chi connectivity index (χ1v) is 7.69. The zero-order chi connectivity index (χ0) is 15.5. The molecule has 1 atom stereocenters. The van der Waals surface area contributed by atoms with Crippen molar-refractivity contribution in [1.29, 1.82) is 0 Å². The van der Waals surface area contributed by atoms with Gasteiger partial charge in [-0.2, -0.15) is 0 Å². The summed E-state index contributed by atoms with van der Waals surface area (Å²) in [5.74, 6) is -0.642. The fourth-order valence-electron chi connectivity index (χ4n) is 2.92. The first-order valence-electron chi connectivity index (χ1n) is 7.69. The van der Waals surface area contributed by atoms with E-state index in [-0.39, 0.29) is 17.8 Å². The lowest BCUT2D eigenvalue weighted by atomic mass is 9.90. The van der Waals surface area contributed by atoms with Gasteiger partial charge in [0, 0.05) is 6.04 Å². The standard InChI is InChI=1S/C17H24FNO2/c1-4-21-16(20)17(3,19-14-7-5-6-8-14)13-10-9-12(2)15(18)11-13/h9-11,14,19H,4-8H2,1-3H3. The van der Waals surface area contributed by atoms with E-state index in [2.05, 4.69) is 5.32 Å². The summed E-state index contributed by atoms with van der Waals surface area (Å²) in [6.45, 7) is 5.59. The van der Waals surface area contributed by atoms with Gasteiger partial charge < -0.3 is 4.74 Å². The van der Waals surface area contributed by atoms with Crippen molar-refractivity contribution < 1.29 is 13.9 Å². The molecule has 0 aromatic heterocycles. The largest absolute Gasteiger partial charge is 0.464 e. The van der Waals surface area contributed by atoms with Gasteiger partial charge in [0.25, 0.3) is 0 Å². The van der Waals surface area contributed by atoms with Gasteiger partial charge in [0.2, 0.25) is 0 Å². The van der Waals surface area contributed by atoms with Crippen molar-refractivity contribution in [2.75, 3.05) is 6.61 Å². The van der Waals surface area contributed by atoms with Crippen molar-refractivity contribution in [2.24, 2.45) is 0 Å². The Bertz CT molecular complexity index is 512. The summed E-state index contributed by atoms with van der Waals surface area (Å²) in [4.78, 5) is 12.4. The van der Waals surface area contributed by atoms with Gasteiger partial charge in [0.1, 0.15) is 11.4 Å². The van der Waals surface area contributed by atoms with Crippen LogP contribution in [0.4, 0.5) is 4.39 Å². The maximum atomic E-state index is 13.9. The molecule has 4 heteroatoms. The molecule has 0 saturated heterocycles. The van der Waals surface area contributed by atoms with Crippen LogP contribution in [0.25, 0.3) is 0 Å². The number of rotatable bonds is 5. The number of hydrogen-bond donors (Lipinski definition) is 1. The Morgan fingerprint density at radius 3 is 2.67 bits per heavy atom. The highest BCUT2D eigenvalue weighted by Gasteiger charge is 2.39. The van der Waals surface area contributed by atoms with E-state index >= 15 is 0 Å². The second kappa shape index (κ2) is 6.56. The second-order valence-electron chi connectivity index (χ2n) is 5.94. The zero-order valence-electron chi connectivity index (χ0n) is 13.0. The highest BCUT2D eigenvalue weighted by atomic mass is 19.1. The van der Waals surface area contributed by atoms with E-state index in [9.17, 15) is 9.18 Å². The van der Waals surface area contributed by atoms with E-state index in [1.807, 2.05) is 0 Å². The zero-order valence-corrected chi connectivity index (χ0v) is 13.0. The molecule has 1 aromatic rings. The van der Waals surface area contributed by atoms with Crippen LogP contribution in [0.15, 0.2) is 18.2 Å². The van der Waals surface area contributed by atoms with Crippen molar-refractivity contribution in [3.05, 3.63) is 35.1 Å². The molecular weight excluding hydrogens is 269 g/mol. The molecule has 1 N–H and O–H groups in total. The van der Waals surface area contributed by atoms with Gasteiger partial charge in [-0.15, -0.1) is 0 Å². The summed E-state index contributed by atoms with van der Waals surface area (Å²) in [5, 5.41) is 3.40. The molecular formula is C17H24FNO2. The molecule has 1 saturated carbocycles. The molecule has 3 nitrogen and oxygen atoms in total. The van der Waals surface area contributed by atoms with Crippen LogP contribution in [0.3, 0.4) is 0 Å². The van der Waals surface area contributed by atoms with Crippen LogP contribution < -0.4 is 5.32 Å². The minimum absolute atomic E-state index is 0.281. The molecule has 0 spiro atoms. The van der Waals surface area contributed by atoms with Gasteiger partial charge in [0.15, 0.2) is 0 Å². The lowest BCUT2D eigenvalue weighted by Crippen LogP contribution is -2.51. The summed E-state index contributed by atoms with van der Waals surface area (Å²) in [5.41, 5.74) is 0.196. The van der Waals surface area contributed by atoms with Crippen LogP contribution >= 0.6 is 0 Å². The number of nitrogens with one attached hydrogen (secondary N) is 1. The Morgan fingerprint density at radius 1 is 1.43 bits per heavy atom. The predicted octanol–water partition coefficient (Wildman–Crippen LogP) is 3.44. The lowest BCUT2D eigenvalue weighted by molar-refractivity contribution is -0.151. The molecule has 21 heavy (non-hydrogen) atoms. The average molecular weight is 293 g/mol. The molecule has 1 aromatic carbocycles. The fourth-order valence-corrected chi connectivity index (χ4v) is 2.92. The van der Waals surface area contributed by atoms with Crippen LogP contribution in [0.1, 0.15) is 50.7 Å². The molecule has 116 valence electrons. The van der Waals surface area contributed by atoms with Gasteiger partial charge in [-0.3, -0.25) is 5.32 Å². The van der Waals surface area contributed by atoms with Gasteiger partial charge in [0.05, 0.1) is 6.61 Å². The molecule has 0 radical (unpaired) electrons. The number of aryl methyl sites for hydroxylation is 1. The molecule has 0 bridgehead atoms. The summed E-state index contributed by atoms with van der Waals surface area (Å²) in [7, 11) is 0. The number of carbonyl (C=O) groups excluding carboxylic acids is 1. The highest BCUT2D eigenvalue weighted by molar-refractivity contribution is 5.82. The minimum Gasteiger partial charge on any atom is -0.464 e. The molecule has 2 rings (SSSR count). The van der Waals surface area contributed by atoms with Crippen molar-refractivity contribution in [2.45, 2.75) is 58.0 Å². The summed E-state index contributed by atoms with van der Waals surface area (Å²) in [6.07, 6.45) is 4.42. The van der Waals surface area contributed by atoms with Gasteiger partial charge in [-0.1, -0.05) is 25.0 Å². The Morgan fingerprint density at radius 2 is 2.10 bits per heavy atom. The highest BCUT2D eigenvalue weighted by Crippen LogP contribution is 2.29. The predicted molar refractivity (Wildman–Crippen MR) is 80.5 cm³/mol. The topological polar surface area (TPSA) is 38.3 Å². The molecule has 1 aliphatic rings. The Kier molecular flexibility index (Phi) is 4.99. The Hall–Kier alpha value is -1.42. The van der Waals surface area contributed by atoms with E-state index in [1.165, 1.54) is 18.9 Å². The third-order valence-corrected chi connectivity index (χ3v) is 4.28. The monoisotopic (exact) mass is 293 g/mol. The lowest BCUT2D eigenvalue weighted by Gasteiger charge is -2.32. The number of hydrogen-bond acceptors (Lipinski definition) is 3.